The van der Waals surface area contributed by atoms with Crippen LogP contribution in [-0.2, 0) is 4.79 Å². The summed E-state index contributed by atoms with van der Waals surface area (Å²) in [6.07, 6.45) is 2.22. The number of guanidine groups is 1. The van der Waals surface area contributed by atoms with Crippen molar-refractivity contribution >= 4 is 11.9 Å². The molecule has 1 saturated heterocycles. The normalized spacial score (nSPS) is 16.7. The van der Waals surface area contributed by atoms with E-state index in [1.54, 1.807) is 0 Å². The minimum atomic E-state index is -0.154. The van der Waals surface area contributed by atoms with E-state index in [4.69, 9.17) is 0 Å². The van der Waals surface area contributed by atoms with Crippen molar-refractivity contribution in [3.63, 3.8) is 0 Å². The third-order valence-electron chi connectivity index (χ3n) is 3.78. The van der Waals surface area contributed by atoms with Gasteiger partial charge in [-0.25, -0.2) is 0 Å². The number of rotatable bonds is 6. The molecule has 0 radical (unpaired) electrons. The Morgan fingerprint density at radius 3 is 2.17 bits per heavy atom. The zero-order chi connectivity index (χ0) is 17.3. The first-order valence-electron chi connectivity index (χ1n) is 8.89. The van der Waals surface area contributed by atoms with E-state index in [1.165, 1.54) is 0 Å². The SMILES string of the molecule is CCNC(=NCC1CCN(CC(=O)NC(C)(C)C)CC1)NCC. The Morgan fingerprint density at radius 2 is 1.70 bits per heavy atom. The van der Waals surface area contributed by atoms with E-state index in [0.717, 1.165) is 51.5 Å². The summed E-state index contributed by atoms with van der Waals surface area (Å²) in [6, 6.07) is 0. The van der Waals surface area contributed by atoms with Gasteiger partial charge in [0, 0.05) is 25.2 Å². The zero-order valence-corrected chi connectivity index (χ0v) is 15.5. The Labute approximate surface area is 141 Å². The zero-order valence-electron chi connectivity index (χ0n) is 15.5. The number of hydrogen-bond acceptors (Lipinski definition) is 3. The minimum absolute atomic E-state index is 0.121. The number of carbonyl (C=O) groups excluding carboxylic acids is 1. The summed E-state index contributed by atoms with van der Waals surface area (Å²) in [5.74, 6) is 1.64. The van der Waals surface area contributed by atoms with Crippen LogP contribution in [0.25, 0.3) is 0 Å². The smallest absolute Gasteiger partial charge is 0.234 e. The molecule has 3 N–H and O–H groups in total. The van der Waals surface area contributed by atoms with Gasteiger partial charge >= 0.3 is 0 Å². The molecule has 0 atom stereocenters. The second kappa shape index (κ2) is 9.75. The lowest BCUT2D eigenvalue weighted by atomic mass is 9.97. The van der Waals surface area contributed by atoms with Crippen LogP contribution in [-0.4, -0.2) is 61.6 Å². The van der Waals surface area contributed by atoms with Crippen molar-refractivity contribution in [2.24, 2.45) is 10.9 Å². The summed E-state index contributed by atoms with van der Waals surface area (Å²) in [5.41, 5.74) is -0.154. The van der Waals surface area contributed by atoms with Crippen LogP contribution in [0.4, 0.5) is 0 Å². The van der Waals surface area contributed by atoms with Crippen LogP contribution in [0.5, 0.6) is 0 Å². The fourth-order valence-corrected chi connectivity index (χ4v) is 2.72. The molecular weight excluding hydrogens is 290 g/mol. The predicted octanol–water partition coefficient (Wildman–Crippen LogP) is 1.19. The maximum absolute atomic E-state index is 12.0. The van der Waals surface area contributed by atoms with Gasteiger partial charge in [-0.05, 0) is 66.5 Å². The maximum Gasteiger partial charge on any atom is 0.234 e. The van der Waals surface area contributed by atoms with Gasteiger partial charge < -0.3 is 16.0 Å². The van der Waals surface area contributed by atoms with E-state index in [1.807, 2.05) is 20.8 Å². The second-order valence-electron chi connectivity index (χ2n) is 7.27. The molecule has 0 aromatic rings. The molecule has 0 saturated carbocycles. The molecule has 1 heterocycles. The Hall–Kier alpha value is -1.30. The van der Waals surface area contributed by atoms with Gasteiger partial charge in [0.1, 0.15) is 0 Å². The van der Waals surface area contributed by atoms with Crippen LogP contribution in [0.1, 0.15) is 47.5 Å². The first kappa shape index (κ1) is 19.7. The van der Waals surface area contributed by atoms with Crippen molar-refractivity contribution in [2.45, 2.75) is 53.0 Å². The number of amides is 1. The number of likely N-dealkylation sites (tertiary alicyclic amines) is 1. The highest BCUT2D eigenvalue weighted by Gasteiger charge is 2.22. The summed E-state index contributed by atoms with van der Waals surface area (Å²) in [7, 11) is 0. The van der Waals surface area contributed by atoms with Gasteiger partial charge in [-0.3, -0.25) is 14.7 Å². The molecule has 1 amide bonds. The summed E-state index contributed by atoms with van der Waals surface area (Å²) >= 11 is 0. The molecular formula is C17H35N5O. The Kier molecular flexibility index (Phi) is 8.37. The maximum atomic E-state index is 12.0. The third-order valence-corrected chi connectivity index (χ3v) is 3.78. The summed E-state index contributed by atoms with van der Waals surface area (Å²) < 4.78 is 0. The molecule has 0 spiro atoms. The van der Waals surface area contributed by atoms with Crippen molar-refractivity contribution in [2.75, 3.05) is 39.3 Å². The van der Waals surface area contributed by atoms with E-state index in [0.29, 0.717) is 12.5 Å². The average molecular weight is 326 g/mol. The Bertz CT molecular complexity index is 373. The molecule has 1 aliphatic heterocycles. The molecule has 0 bridgehead atoms. The molecule has 0 aromatic carbocycles. The van der Waals surface area contributed by atoms with Crippen molar-refractivity contribution < 1.29 is 4.79 Å². The van der Waals surface area contributed by atoms with Crippen LogP contribution in [0.3, 0.4) is 0 Å². The fraction of sp³-hybridized carbons (Fsp3) is 0.882. The lowest BCUT2D eigenvalue weighted by molar-refractivity contribution is -0.124. The minimum Gasteiger partial charge on any atom is -0.357 e. The molecule has 1 rings (SSSR count). The first-order valence-corrected chi connectivity index (χ1v) is 8.89. The van der Waals surface area contributed by atoms with E-state index in [9.17, 15) is 4.79 Å². The monoisotopic (exact) mass is 325 g/mol. The van der Waals surface area contributed by atoms with E-state index in [-0.39, 0.29) is 11.4 Å². The quantitative estimate of drug-likeness (QED) is 0.507. The van der Waals surface area contributed by atoms with E-state index < -0.39 is 0 Å². The number of nitrogens with one attached hydrogen (secondary N) is 3. The predicted molar refractivity (Wildman–Crippen MR) is 96.7 cm³/mol. The van der Waals surface area contributed by atoms with Gasteiger partial charge in [0.15, 0.2) is 5.96 Å². The van der Waals surface area contributed by atoms with Crippen LogP contribution in [0, 0.1) is 5.92 Å². The molecule has 23 heavy (non-hydrogen) atoms. The van der Waals surface area contributed by atoms with Gasteiger partial charge in [0.25, 0.3) is 0 Å². The molecule has 0 aliphatic carbocycles. The van der Waals surface area contributed by atoms with Crippen LogP contribution in [0.2, 0.25) is 0 Å². The molecule has 6 heteroatoms. The van der Waals surface area contributed by atoms with E-state index in [2.05, 4.69) is 39.7 Å². The van der Waals surface area contributed by atoms with Gasteiger partial charge in [-0.2, -0.15) is 0 Å². The topological polar surface area (TPSA) is 68.8 Å². The van der Waals surface area contributed by atoms with Crippen molar-refractivity contribution in [3.8, 4) is 0 Å². The first-order chi connectivity index (χ1) is 10.8. The number of nitrogens with zero attached hydrogens (tertiary/aromatic N) is 2. The van der Waals surface area contributed by atoms with Gasteiger partial charge in [0.05, 0.1) is 6.54 Å². The largest absolute Gasteiger partial charge is 0.357 e. The second-order valence-corrected chi connectivity index (χ2v) is 7.27. The molecule has 0 unspecified atom stereocenters. The standard InChI is InChI=1S/C17H35N5O/c1-6-18-16(19-7-2)20-12-14-8-10-22(11-9-14)13-15(23)21-17(3,4)5/h14H,6-13H2,1-5H3,(H,21,23)(H2,18,19,20). The number of carbonyl (C=O) groups is 1. The lowest BCUT2D eigenvalue weighted by Crippen LogP contribution is -2.47. The highest BCUT2D eigenvalue weighted by molar-refractivity contribution is 5.79. The van der Waals surface area contributed by atoms with Crippen LogP contribution >= 0.6 is 0 Å². The number of piperidine rings is 1. The summed E-state index contributed by atoms with van der Waals surface area (Å²) in [6.45, 7) is 15.3. The lowest BCUT2D eigenvalue weighted by Gasteiger charge is -2.31. The third kappa shape index (κ3) is 8.79. The van der Waals surface area contributed by atoms with Crippen LogP contribution < -0.4 is 16.0 Å². The molecule has 1 fully saturated rings. The average Bonchev–Trinajstić information content (AvgIpc) is 2.44. The highest BCUT2D eigenvalue weighted by atomic mass is 16.2. The Morgan fingerprint density at radius 1 is 1.13 bits per heavy atom. The van der Waals surface area contributed by atoms with Crippen molar-refractivity contribution in [1.29, 1.82) is 0 Å². The van der Waals surface area contributed by atoms with Gasteiger partial charge in [0.2, 0.25) is 5.91 Å². The Balaban J connectivity index is 2.32. The van der Waals surface area contributed by atoms with Crippen LogP contribution in [0.15, 0.2) is 4.99 Å². The van der Waals surface area contributed by atoms with Crippen molar-refractivity contribution in [1.82, 2.24) is 20.9 Å². The summed E-state index contributed by atoms with van der Waals surface area (Å²) in [5, 5.41) is 9.54. The molecule has 134 valence electrons. The number of aliphatic imine (C=N–C) groups is 1. The molecule has 1 aliphatic rings. The van der Waals surface area contributed by atoms with Crippen molar-refractivity contribution in [3.05, 3.63) is 0 Å². The molecule has 0 aromatic heterocycles. The number of hydrogen-bond donors (Lipinski definition) is 3. The molecule has 6 nitrogen and oxygen atoms in total. The fourth-order valence-electron chi connectivity index (χ4n) is 2.72. The highest BCUT2D eigenvalue weighted by Crippen LogP contribution is 2.17. The summed E-state index contributed by atoms with van der Waals surface area (Å²) in [4.78, 5) is 18.9. The van der Waals surface area contributed by atoms with E-state index >= 15 is 0 Å². The van der Waals surface area contributed by atoms with Gasteiger partial charge in [-0.15, -0.1) is 0 Å². The van der Waals surface area contributed by atoms with Gasteiger partial charge in [-0.1, -0.05) is 0 Å².